The van der Waals surface area contributed by atoms with Crippen LogP contribution >= 0.6 is 0 Å². The summed E-state index contributed by atoms with van der Waals surface area (Å²) in [6.45, 7) is 6.43. The Kier molecular flexibility index (Phi) is 2.98. The minimum Gasteiger partial charge on any atom is -0.0885 e. The molecular weight excluding hydrogens is 120 g/mol. The Morgan fingerprint density at radius 2 is 2.20 bits per heavy atom. The second kappa shape index (κ2) is 3.80. The largest absolute Gasteiger partial charge is 0.0885 e. The van der Waals surface area contributed by atoms with Gasteiger partial charge in [-0.05, 0) is 44.4 Å². The summed E-state index contributed by atoms with van der Waals surface area (Å²) in [7, 11) is 0. The zero-order valence-electron chi connectivity index (χ0n) is 6.84. The van der Waals surface area contributed by atoms with Crippen molar-refractivity contribution in [2.45, 2.75) is 32.6 Å². The van der Waals surface area contributed by atoms with Gasteiger partial charge in [0.1, 0.15) is 0 Å². The van der Waals surface area contributed by atoms with Crippen LogP contribution in [0.1, 0.15) is 32.6 Å². The fraction of sp³-hybridized carbons (Fsp3) is 0.700. The van der Waals surface area contributed by atoms with Crippen LogP contribution in [0.15, 0.2) is 12.2 Å². The molecule has 0 heteroatoms. The van der Waals surface area contributed by atoms with Gasteiger partial charge in [-0.3, -0.25) is 0 Å². The lowest BCUT2D eigenvalue weighted by molar-refractivity contribution is 0.416. The van der Waals surface area contributed by atoms with E-state index in [2.05, 4.69) is 26.0 Å². The highest BCUT2D eigenvalue weighted by Crippen LogP contribution is 2.21. The number of hydrogen-bond acceptors (Lipinski definition) is 0. The third-order valence-corrected chi connectivity index (χ3v) is 2.20. The molecule has 0 N–H and O–H groups in total. The van der Waals surface area contributed by atoms with Gasteiger partial charge in [-0.15, -0.1) is 0 Å². The second-order valence-corrected chi connectivity index (χ2v) is 3.49. The van der Waals surface area contributed by atoms with Gasteiger partial charge in [0.2, 0.25) is 0 Å². The molecule has 1 radical (unpaired) electrons. The molecule has 0 saturated heterocycles. The molecule has 0 heterocycles. The zero-order valence-corrected chi connectivity index (χ0v) is 6.84. The van der Waals surface area contributed by atoms with Crippen LogP contribution in [0.4, 0.5) is 0 Å². The van der Waals surface area contributed by atoms with E-state index >= 15 is 0 Å². The van der Waals surface area contributed by atoms with Crippen molar-refractivity contribution in [1.82, 2.24) is 0 Å². The first-order chi connectivity index (χ1) is 4.79. The van der Waals surface area contributed by atoms with E-state index in [1.807, 2.05) is 0 Å². The summed E-state index contributed by atoms with van der Waals surface area (Å²) in [5.41, 5.74) is 0. The molecule has 0 saturated carbocycles. The summed E-state index contributed by atoms with van der Waals surface area (Å²) in [5, 5.41) is 0. The smallest absolute Gasteiger partial charge is 0.0322 e. The first kappa shape index (κ1) is 7.84. The highest BCUT2D eigenvalue weighted by molar-refractivity contribution is 4.88. The van der Waals surface area contributed by atoms with Crippen LogP contribution in [0.5, 0.6) is 0 Å². The van der Waals surface area contributed by atoms with Crippen molar-refractivity contribution in [2.75, 3.05) is 0 Å². The predicted octanol–water partition coefficient (Wildman–Crippen LogP) is 3.20. The Balaban J connectivity index is 2.39. The molecule has 0 bridgehead atoms. The van der Waals surface area contributed by atoms with Gasteiger partial charge >= 0.3 is 0 Å². The Bertz CT molecular complexity index is 113. The van der Waals surface area contributed by atoms with E-state index in [1.54, 1.807) is 0 Å². The van der Waals surface area contributed by atoms with E-state index in [1.165, 1.54) is 25.7 Å². The standard InChI is InChI=1S/C10H17/c1-9-6-4-3-5-7-10(2)8-9/h3-4,9-10H,1,5-8H2,2H3. The molecule has 1 aliphatic carbocycles. The highest BCUT2D eigenvalue weighted by atomic mass is 14.1. The molecule has 0 spiro atoms. The van der Waals surface area contributed by atoms with Crippen molar-refractivity contribution >= 4 is 0 Å². The SMILES string of the molecule is [CH2]C1CC=CCCC(C)C1. The molecular formula is C10H17. The van der Waals surface area contributed by atoms with Crippen LogP contribution in [0.3, 0.4) is 0 Å². The molecule has 0 aromatic rings. The maximum atomic E-state index is 4.10. The molecule has 2 unspecified atom stereocenters. The fourth-order valence-corrected chi connectivity index (χ4v) is 1.57. The topological polar surface area (TPSA) is 0 Å². The summed E-state index contributed by atoms with van der Waals surface area (Å²) in [6, 6.07) is 0. The quantitative estimate of drug-likeness (QED) is 0.450. The monoisotopic (exact) mass is 137 g/mol. The molecule has 0 aliphatic heterocycles. The maximum Gasteiger partial charge on any atom is -0.0322 e. The first-order valence-corrected chi connectivity index (χ1v) is 4.27. The molecule has 0 amide bonds. The van der Waals surface area contributed by atoms with Crippen molar-refractivity contribution in [3.05, 3.63) is 19.1 Å². The lowest BCUT2D eigenvalue weighted by atomic mass is 9.89. The van der Waals surface area contributed by atoms with Crippen molar-refractivity contribution in [3.63, 3.8) is 0 Å². The van der Waals surface area contributed by atoms with Crippen LogP contribution in [0.2, 0.25) is 0 Å². The minimum atomic E-state index is 0.659. The summed E-state index contributed by atoms with van der Waals surface area (Å²) in [4.78, 5) is 0. The van der Waals surface area contributed by atoms with Gasteiger partial charge in [0.25, 0.3) is 0 Å². The van der Waals surface area contributed by atoms with Crippen LogP contribution < -0.4 is 0 Å². The maximum absolute atomic E-state index is 4.10. The van der Waals surface area contributed by atoms with E-state index in [9.17, 15) is 0 Å². The van der Waals surface area contributed by atoms with E-state index in [0.29, 0.717) is 5.92 Å². The predicted molar refractivity (Wildman–Crippen MR) is 45.6 cm³/mol. The second-order valence-electron chi connectivity index (χ2n) is 3.49. The van der Waals surface area contributed by atoms with Crippen LogP contribution in [0.25, 0.3) is 0 Å². The lowest BCUT2D eigenvalue weighted by Crippen LogP contribution is -2.04. The van der Waals surface area contributed by atoms with Gasteiger partial charge < -0.3 is 0 Å². The Labute approximate surface area is 64.3 Å². The molecule has 0 fully saturated rings. The van der Waals surface area contributed by atoms with Gasteiger partial charge in [0.05, 0.1) is 0 Å². The van der Waals surface area contributed by atoms with Crippen LogP contribution in [0, 0.1) is 18.8 Å². The van der Waals surface area contributed by atoms with Gasteiger partial charge in [0.15, 0.2) is 0 Å². The van der Waals surface area contributed by atoms with E-state index < -0.39 is 0 Å². The van der Waals surface area contributed by atoms with Crippen molar-refractivity contribution in [3.8, 4) is 0 Å². The van der Waals surface area contributed by atoms with E-state index in [-0.39, 0.29) is 0 Å². The van der Waals surface area contributed by atoms with E-state index in [0.717, 1.165) is 5.92 Å². The van der Waals surface area contributed by atoms with Gasteiger partial charge in [-0.2, -0.15) is 0 Å². The van der Waals surface area contributed by atoms with Gasteiger partial charge in [-0.25, -0.2) is 0 Å². The third kappa shape index (κ3) is 2.55. The average molecular weight is 137 g/mol. The van der Waals surface area contributed by atoms with Crippen molar-refractivity contribution in [1.29, 1.82) is 0 Å². The fourth-order valence-electron chi connectivity index (χ4n) is 1.57. The molecule has 1 aliphatic rings. The molecule has 2 atom stereocenters. The number of rotatable bonds is 0. The summed E-state index contributed by atoms with van der Waals surface area (Å²) in [6.07, 6.45) is 9.70. The normalized spacial score (nSPS) is 35.0. The highest BCUT2D eigenvalue weighted by Gasteiger charge is 2.08. The molecule has 57 valence electrons. The minimum absolute atomic E-state index is 0.659. The molecule has 1 rings (SSSR count). The third-order valence-electron chi connectivity index (χ3n) is 2.20. The summed E-state index contributed by atoms with van der Waals surface area (Å²) < 4.78 is 0. The first-order valence-electron chi connectivity index (χ1n) is 4.27. The van der Waals surface area contributed by atoms with Crippen molar-refractivity contribution in [2.24, 2.45) is 11.8 Å². The molecule has 0 nitrogen and oxygen atoms in total. The van der Waals surface area contributed by atoms with Crippen molar-refractivity contribution < 1.29 is 0 Å². The number of allylic oxidation sites excluding steroid dienone is 2. The van der Waals surface area contributed by atoms with Crippen LogP contribution in [-0.2, 0) is 0 Å². The molecule has 0 aromatic heterocycles. The van der Waals surface area contributed by atoms with Crippen LogP contribution in [-0.4, -0.2) is 0 Å². The number of hydrogen-bond donors (Lipinski definition) is 0. The van der Waals surface area contributed by atoms with Gasteiger partial charge in [0, 0.05) is 0 Å². The summed E-state index contributed by atoms with van der Waals surface area (Å²) in [5.74, 6) is 1.54. The summed E-state index contributed by atoms with van der Waals surface area (Å²) >= 11 is 0. The Morgan fingerprint density at radius 1 is 1.40 bits per heavy atom. The molecule has 10 heavy (non-hydrogen) atoms. The Morgan fingerprint density at radius 3 is 3.00 bits per heavy atom. The average Bonchev–Trinajstić information content (AvgIpc) is 1.83. The molecule has 0 aromatic carbocycles. The van der Waals surface area contributed by atoms with E-state index in [4.69, 9.17) is 0 Å². The Hall–Kier alpha value is -0.260. The zero-order chi connectivity index (χ0) is 7.40. The van der Waals surface area contributed by atoms with Gasteiger partial charge in [-0.1, -0.05) is 19.1 Å². The lowest BCUT2D eigenvalue weighted by Gasteiger charge is -2.17.